The molecule has 0 spiro atoms. The Balaban J connectivity index is 1.79. The Morgan fingerprint density at radius 1 is 1.12 bits per heavy atom. The molecule has 1 aromatic carbocycles. The highest BCUT2D eigenvalue weighted by atomic mass is 16.5. The van der Waals surface area contributed by atoms with Crippen molar-refractivity contribution < 1.29 is 9.53 Å². The number of hydrogen-bond donors (Lipinski definition) is 1. The van der Waals surface area contributed by atoms with E-state index in [0.29, 0.717) is 18.8 Å². The van der Waals surface area contributed by atoms with Gasteiger partial charge in [0.2, 0.25) is 0 Å². The lowest BCUT2D eigenvalue weighted by molar-refractivity contribution is 0.0732. The van der Waals surface area contributed by atoms with Crippen LogP contribution in [0.1, 0.15) is 10.5 Å². The van der Waals surface area contributed by atoms with E-state index < -0.39 is 0 Å². The van der Waals surface area contributed by atoms with Gasteiger partial charge in [0.1, 0.15) is 11.6 Å². The molecule has 1 amide bonds. The molecule has 0 saturated carbocycles. The van der Waals surface area contributed by atoms with Crippen LogP contribution in [0.4, 0.5) is 0 Å². The fourth-order valence-electron chi connectivity index (χ4n) is 3.16. The topological polar surface area (TPSA) is 58.9 Å². The van der Waals surface area contributed by atoms with E-state index in [1.54, 1.807) is 7.11 Å². The van der Waals surface area contributed by atoms with Crippen molar-refractivity contribution in [1.82, 2.24) is 19.6 Å². The van der Waals surface area contributed by atoms with Gasteiger partial charge in [-0.3, -0.25) is 9.20 Å². The Morgan fingerprint density at radius 3 is 2.60 bits per heavy atom. The first-order valence-electron chi connectivity index (χ1n) is 8.39. The molecule has 3 heterocycles. The van der Waals surface area contributed by atoms with Crippen LogP contribution in [0.25, 0.3) is 16.9 Å². The summed E-state index contributed by atoms with van der Waals surface area (Å²) in [5, 5.41) is 3.27. The monoisotopic (exact) mass is 336 g/mol. The second-order valence-electron chi connectivity index (χ2n) is 6.01. The molecule has 0 bridgehead atoms. The van der Waals surface area contributed by atoms with Crippen molar-refractivity contribution in [2.24, 2.45) is 0 Å². The predicted molar refractivity (Wildman–Crippen MR) is 96.0 cm³/mol. The molecule has 2 aromatic heterocycles. The number of fused-ring (bicyclic) bond motifs is 1. The van der Waals surface area contributed by atoms with Crippen LogP contribution in [0.2, 0.25) is 0 Å². The van der Waals surface area contributed by atoms with E-state index in [1.807, 2.05) is 58.0 Å². The first-order valence-corrected chi connectivity index (χ1v) is 8.39. The Kier molecular flexibility index (Phi) is 4.11. The number of carbonyl (C=O) groups excluding carboxylic acids is 1. The van der Waals surface area contributed by atoms with Crippen molar-refractivity contribution in [1.29, 1.82) is 0 Å². The first kappa shape index (κ1) is 15.7. The van der Waals surface area contributed by atoms with Crippen molar-refractivity contribution in [3.63, 3.8) is 0 Å². The largest absolute Gasteiger partial charge is 0.497 e. The molecular formula is C19H20N4O2. The fraction of sp³-hybridized carbons (Fsp3) is 0.263. The van der Waals surface area contributed by atoms with Gasteiger partial charge in [0.05, 0.1) is 12.6 Å². The molecule has 1 N–H and O–H groups in total. The smallest absolute Gasteiger partial charge is 0.274 e. The van der Waals surface area contributed by atoms with E-state index in [0.717, 1.165) is 35.7 Å². The Morgan fingerprint density at radius 2 is 1.88 bits per heavy atom. The number of aromatic nitrogens is 2. The van der Waals surface area contributed by atoms with Crippen LogP contribution in [0.3, 0.4) is 0 Å². The maximum absolute atomic E-state index is 13.0. The van der Waals surface area contributed by atoms with E-state index in [4.69, 9.17) is 9.72 Å². The average molecular weight is 336 g/mol. The van der Waals surface area contributed by atoms with Gasteiger partial charge in [0.25, 0.3) is 5.91 Å². The molecule has 25 heavy (non-hydrogen) atoms. The van der Waals surface area contributed by atoms with Crippen molar-refractivity contribution in [3.05, 3.63) is 54.4 Å². The molecule has 1 aliphatic heterocycles. The molecule has 3 aromatic rings. The standard InChI is InChI=1S/C19H20N4O2/c1-25-15-7-5-14(6-8-15)18-21-17(16-4-2-3-11-23(16)18)19(24)22-12-9-20-10-13-22/h2-8,11,20H,9-10,12-13H2,1H3. The first-order chi connectivity index (χ1) is 12.3. The number of rotatable bonds is 3. The summed E-state index contributed by atoms with van der Waals surface area (Å²) in [6, 6.07) is 13.5. The molecule has 0 aliphatic carbocycles. The number of methoxy groups -OCH3 is 1. The zero-order valence-electron chi connectivity index (χ0n) is 14.1. The maximum Gasteiger partial charge on any atom is 0.274 e. The predicted octanol–water partition coefficient (Wildman–Crippen LogP) is 2.06. The van der Waals surface area contributed by atoms with Gasteiger partial charge >= 0.3 is 0 Å². The summed E-state index contributed by atoms with van der Waals surface area (Å²) in [6.45, 7) is 3.07. The SMILES string of the molecule is COc1ccc(-c2nc(C(=O)N3CCNCC3)c3ccccn23)cc1. The van der Waals surface area contributed by atoms with E-state index in [1.165, 1.54) is 0 Å². The fourth-order valence-corrected chi connectivity index (χ4v) is 3.16. The van der Waals surface area contributed by atoms with Crippen LogP contribution < -0.4 is 10.1 Å². The number of hydrogen-bond acceptors (Lipinski definition) is 4. The highest BCUT2D eigenvalue weighted by Gasteiger charge is 2.24. The normalized spacial score (nSPS) is 14.7. The van der Waals surface area contributed by atoms with Gasteiger partial charge in [0, 0.05) is 37.9 Å². The molecule has 1 fully saturated rings. The van der Waals surface area contributed by atoms with Crippen molar-refractivity contribution in [3.8, 4) is 17.1 Å². The molecule has 1 aliphatic rings. The second kappa shape index (κ2) is 6.57. The van der Waals surface area contributed by atoms with Crippen LogP contribution in [-0.4, -0.2) is 53.5 Å². The van der Waals surface area contributed by atoms with Gasteiger partial charge in [-0.1, -0.05) is 6.07 Å². The maximum atomic E-state index is 13.0. The number of amides is 1. The van der Waals surface area contributed by atoms with Gasteiger partial charge < -0.3 is 15.0 Å². The highest BCUT2D eigenvalue weighted by molar-refractivity contribution is 6.00. The molecule has 1 saturated heterocycles. The zero-order chi connectivity index (χ0) is 17.2. The summed E-state index contributed by atoms with van der Waals surface area (Å²) in [6.07, 6.45) is 1.94. The Bertz CT molecular complexity index is 895. The minimum Gasteiger partial charge on any atom is -0.497 e. The number of carbonyl (C=O) groups is 1. The Labute approximate surface area is 146 Å². The number of piperazine rings is 1. The average Bonchev–Trinajstić information content (AvgIpc) is 3.08. The number of nitrogens with one attached hydrogen (secondary N) is 1. The Hall–Kier alpha value is -2.86. The summed E-state index contributed by atoms with van der Waals surface area (Å²) >= 11 is 0. The molecular weight excluding hydrogens is 316 g/mol. The van der Waals surface area contributed by atoms with Gasteiger partial charge in [-0.15, -0.1) is 0 Å². The molecule has 128 valence electrons. The second-order valence-corrected chi connectivity index (χ2v) is 6.01. The number of pyridine rings is 1. The quantitative estimate of drug-likeness (QED) is 0.795. The molecule has 0 unspecified atom stereocenters. The van der Waals surface area contributed by atoms with E-state index in [2.05, 4.69) is 5.32 Å². The highest BCUT2D eigenvalue weighted by Crippen LogP contribution is 2.25. The lowest BCUT2D eigenvalue weighted by Crippen LogP contribution is -2.46. The number of benzene rings is 1. The van der Waals surface area contributed by atoms with Crippen LogP contribution in [0, 0.1) is 0 Å². The van der Waals surface area contributed by atoms with Crippen LogP contribution >= 0.6 is 0 Å². The van der Waals surface area contributed by atoms with Crippen LogP contribution in [0.5, 0.6) is 5.75 Å². The molecule has 0 radical (unpaired) electrons. The van der Waals surface area contributed by atoms with E-state index in [9.17, 15) is 4.79 Å². The lowest BCUT2D eigenvalue weighted by atomic mass is 10.2. The molecule has 4 rings (SSSR count). The van der Waals surface area contributed by atoms with E-state index >= 15 is 0 Å². The molecule has 6 nitrogen and oxygen atoms in total. The number of imidazole rings is 1. The summed E-state index contributed by atoms with van der Waals surface area (Å²) in [5.41, 5.74) is 2.28. The van der Waals surface area contributed by atoms with Crippen LogP contribution in [0.15, 0.2) is 48.7 Å². The lowest BCUT2D eigenvalue weighted by Gasteiger charge is -2.26. The van der Waals surface area contributed by atoms with Crippen molar-refractivity contribution in [2.75, 3.05) is 33.3 Å². The summed E-state index contributed by atoms with van der Waals surface area (Å²) in [4.78, 5) is 19.5. The third-order valence-electron chi connectivity index (χ3n) is 4.50. The van der Waals surface area contributed by atoms with E-state index in [-0.39, 0.29) is 5.91 Å². The zero-order valence-corrected chi connectivity index (χ0v) is 14.1. The van der Waals surface area contributed by atoms with Crippen LogP contribution in [-0.2, 0) is 0 Å². The minimum absolute atomic E-state index is 0.00929. The summed E-state index contributed by atoms with van der Waals surface area (Å²) in [5.74, 6) is 1.54. The van der Waals surface area contributed by atoms with Gasteiger partial charge in [-0.2, -0.15) is 0 Å². The summed E-state index contributed by atoms with van der Waals surface area (Å²) in [7, 11) is 1.64. The van der Waals surface area contributed by atoms with Gasteiger partial charge in [-0.05, 0) is 36.4 Å². The number of ether oxygens (including phenoxy) is 1. The minimum atomic E-state index is -0.00929. The van der Waals surface area contributed by atoms with Crippen molar-refractivity contribution >= 4 is 11.4 Å². The molecule has 0 atom stereocenters. The van der Waals surface area contributed by atoms with Crippen molar-refractivity contribution in [2.45, 2.75) is 0 Å². The van der Waals surface area contributed by atoms with Gasteiger partial charge in [0.15, 0.2) is 5.69 Å². The third kappa shape index (κ3) is 2.85. The van der Waals surface area contributed by atoms with Gasteiger partial charge in [-0.25, -0.2) is 4.98 Å². The number of nitrogens with zero attached hydrogens (tertiary/aromatic N) is 3. The third-order valence-corrected chi connectivity index (χ3v) is 4.50. The summed E-state index contributed by atoms with van der Waals surface area (Å²) < 4.78 is 7.19. The molecule has 6 heteroatoms.